The van der Waals surface area contributed by atoms with E-state index >= 15 is 0 Å². The third-order valence-corrected chi connectivity index (χ3v) is 1.71. The van der Waals surface area contributed by atoms with Crippen molar-refractivity contribution in [3.63, 3.8) is 0 Å². The maximum Gasteiger partial charge on any atom is 0.303 e. The highest BCUT2D eigenvalue weighted by Gasteiger charge is 2.24. The van der Waals surface area contributed by atoms with Gasteiger partial charge in [0, 0.05) is 13.3 Å². The minimum absolute atomic E-state index is 0.261. The van der Waals surface area contributed by atoms with Crippen LogP contribution in [0.2, 0.25) is 0 Å². The highest BCUT2D eigenvalue weighted by atomic mass is 16.5. The van der Waals surface area contributed by atoms with Crippen LogP contribution in [0, 0.1) is 0 Å². The zero-order valence-corrected chi connectivity index (χ0v) is 6.80. The quantitative estimate of drug-likeness (QED) is 0.417. The molecule has 0 aromatic heterocycles. The molecule has 0 amide bonds. The van der Waals surface area contributed by atoms with Crippen LogP contribution in [0.1, 0.15) is 13.3 Å². The summed E-state index contributed by atoms with van der Waals surface area (Å²) < 4.78 is 4.81. The summed E-state index contributed by atoms with van der Waals surface area (Å²) in [5, 5.41) is 18.2. The number of hydrogen-bond donors (Lipinski definition) is 2. The molecule has 0 spiro atoms. The zero-order chi connectivity index (χ0) is 9.14. The number of hydrogen-bond acceptors (Lipinski definition) is 4. The Balaban J connectivity index is 2.49. The third-order valence-electron chi connectivity index (χ3n) is 1.71. The predicted molar refractivity (Wildman–Crippen MR) is 41.3 cm³/mol. The van der Waals surface area contributed by atoms with Gasteiger partial charge in [0.2, 0.25) is 0 Å². The van der Waals surface area contributed by atoms with Gasteiger partial charge in [0.25, 0.3) is 0 Å². The first-order valence-corrected chi connectivity index (χ1v) is 3.81. The Morgan fingerprint density at radius 1 is 1.50 bits per heavy atom. The Hall–Kier alpha value is -0.870. The smallest absolute Gasteiger partial charge is 0.303 e. The van der Waals surface area contributed by atoms with Gasteiger partial charge < -0.3 is 14.9 Å². The fourth-order valence-corrected chi connectivity index (χ4v) is 1.12. The molecule has 4 nitrogen and oxygen atoms in total. The zero-order valence-electron chi connectivity index (χ0n) is 6.80. The Kier molecular flexibility index (Phi) is 2.83. The van der Waals surface area contributed by atoms with Crippen LogP contribution < -0.4 is 0 Å². The van der Waals surface area contributed by atoms with Crippen LogP contribution in [-0.2, 0) is 9.53 Å². The summed E-state index contributed by atoms with van der Waals surface area (Å²) >= 11 is 0. The summed E-state index contributed by atoms with van der Waals surface area (Å²) in [5.41, 5.74) is 0. The summed E-state index contributed by atoms with van der Waals surface area (Å²) in [5.74, 6) is -0.381. The van der Waals surface area contributed by atoms with Crippen molar-refractivity contribution >= 4 is 5.97 Å². The van der Waals surface area contributed by atoms with E-state index in [9.17, 15) is 4.79 Å². The molecule has 68 valence electrons. The van der Waals surface area contributed by atoms with Crippen molar-refractivity contribution in [1.29, 1.82) is 0 Å². The summed E-state index contributed by atoms with van der Waals surface area (Å²) in [6.45, 7) is 1.31. The molecule has 0 aromatic rings. The molecule has 12 heavy (non-hydrogen) atoms. The molecular formula is C8H12O4. The van der Waals surface area contributed by atoms with E-state index in [4.69, 9.17) is 14.9 Å². The van der Waals surface area contributed by atoms with Crippen LogP contribution in [0.3, 0.4) is 0 Å². The summed E-state index contributed by atoms with van der Waals surface area (Å²) in [6, 6.07) is 0. The van der Waals surface area contributed by atoms with Gasteiger partial charge in [-0.05, 0) is 6.08 Å². The maximum atomic E-state index is 10.5. The maximum absolute atomic E-state index is 10.5. The Labute approximate surface area is 70.5 Å². The second-order valence-corrected chi connectivity index (χ2v) is 2.83. The van der Waals surface area contributed by atoms with Crippen LogP contribution in [-0.4, -0.2) is 34.5 Å². The van der Waals surface area contributed by atoms with Crippen molar-refractivity contribution in [2.75, 3.05) is 0 Å². The number of aliphatic hydroxyl groups is 2. The van der Waals surface area contributed by atoms with E-state index in [0.717, 1.165) is 0 Å². The van der Waals surface area contributed by atoms with Crippen molar-refractivity contribution < 1.29 is 19.7 Å². The lowest BCUT2D eigenvalue weighted by Crippen LogP contribution is -2.33. The second-order valence-electron chi connectivity index (χ2n) is 2.83. The normalized spacial score (nSPS) is 34.8. The molecule has 0 fully saturated rings. The van der Waals surface area contributed by atoms with Crippen LogP contribution in [0.15, 0.2) is 12.2 Å². The largest absolute Gasteiger partial charge is 0.458 e. The standard InChI is InChI=1S/C8H12O4/c1-5(9)12-6-2-3-7(10)8(11)4-6/h2-3,6-8,10-11H,4H2,1H3/t6-,7+,8+/m1/s1. The molecule has 0 heterocycles. The SMILES string of the molecule is CC(=O)O[C@@H]1C=C[C@H](O)[C@@H](O)C1. The Morgan fingerprint density at radius 3 is 2.67 bits per heavy atom. The van der Waals surface area contributed by atoms with E-state index in [1.165, 1.54) is 13.0 Å². The van der Waals surface area contributed by atoms with E-state index in [1.807, 2.05) is 0 Å². The molecule has 0 bridgehead atoms. The van der Waals surface area contributed by atoms with Gasteiger partial charge in [-0.1, -0.05) is 6.08 Å². The number of carbonyl (C=O) groups excluding carboxylic acids is 1. The molecule has 0 saturated carbocycles. The van der Waals surface area contributed by atoms with Crippen LogP contribution in [0.25, 0.3) is 0 Å². The van der Waals surface area contributed by atoms with Gasteiger partial charge in [0.15, 0.2) is 0 Å². The molecule has 1 aliphatic carbocycles. The van der Waals surface area contributed by atoms with Gasteiger partial charge in [-0.3, -0.25) is 4.79 Å². The molecular weight excluding hydrogens is 160 g/mol. The van der Waals surface area contributed by atoms with Gasteiger partial charge >= 0.3 is 5.97 Å². The highest BCUT2D eigenvalue weighted by molar-refractivity contribution is 5.66. The van der Waals surface area contributed by atoms with E-state index in [1.54, 1.807) is 6.08 Å². The van der Waals surface area contributed by atoms with Gasteiger partial charge in [-0.2, -0.15) is 0 Å². The van der Waals surface area contributed by atoms with Crippen molar-refractivity contribution in [3.05, 3.63) is 12.2 Å². The molecule has 0 radical (unpaired) electrons. The van der Waals surface area contributed by atoms with Crippen LogP contribution in [0.5, 0.6) is 0 Å². The van der Waals surface area contributed by atoms with Gasteiger partial charge in [-0.25, -0.2) is 0 Å². The van der Waals surface area contributed by atoms with Gasteiger partial charge in [0.1, 0.15) is 6.10 Å². The van der Waals surface area contributed by atoms with Crippen LogP contribution >= 0.6 is 0 Å². The van der Waals surface area contributed by atoms with Gasteiger partial charge in [0.05, 0.1) is 12.2 Å². The summed E-state index contributed by atoms with van der Waals surface area (Å²) in [7, 11) is 0. The molecule has 0 saturated heterocycles. The molecule has 0 unspecified atom stereocenters. The molecule has 2 N–H and O–H groups in total. The Morgan fingerprint density at radius 2 is 2.17 bits per heavy atom. The van der Waals surface area contributed by atoms with Crippen molar-refractivity contribution in [3.8, 4) is 0 Å². The first-order valence-electron chi connectivity index (χ1n) is 3.81. The van der Waals surface area contributed by atoms with E-state index < -0.39 is 18.3 Å². The second kappa shape index (κ2) is 3.69. The van der Waals surface area contributed by atoms with Crippen LogP contribution in [0.4, 0.5) is 0 Å². The average Bonchev–Trinajstić information content (AvgIpc) is 1.96. The molecule has 3 atom stereocenters. The summed E-state index contributed by atoms with van der Waals surface area (Å²) in [6.07, 6.45) is 1.20. The minimum Gasteiger partial charge on any atom is -0.458 e. The molecule has 4 heteroatoms. The fourth-order valence-electron chi connectivity index (χ4n) is 1.12. The van der Waals surface area contributed by atoms with Crippen molar-refractivity contribution in [2.45, 2.75) is 31.7 Å². The lowest BCUT2D eigenvalue weighted by atomic mass is 10.00. The molecule has 0 aromatic carbocycles. The predicted octanol–water partition coefficient (Wildman–Crippen LogP) is -0.400. The number of aliphatic hydroxyl groups excluding tert-OH is 2. The van der Waals surface area contributed by atoms with E-state index in [2.05, 4.69) is 0 Å². The molecule has 1 rings (SSSR count). The first-order chi connectivity index (χ1) is 5.59. The first kappa shape index (κ1) is 9.22. The number of rotatable bonds is 1. The number of ether oxygens (including phenoxy) is 1. The summed E-state index contributed by atoms with van der Waals surface area (Å²) in [4.78, 5) is 10.5. The van der Waals surface area contributed by atoms with E-state index in [0.29, 0.717) is 0 Å². The monoisotopic (exact) mass is 172 g/mol. The van der Waals surface area contributed by atoms with Crippen molar-refractivity contribution in [1.82, 2.24) is 0 Å². The highest BCUT2D eigenvalue weighted by Crippen LogP contribution is 2.15. The molecule has 0 aliphatic heterocycles. The topological polar surface area (TPSA) is 66.8 Å². The minimum atomic E-state index is -0.836. The number of esters is 1. The lowest BCUT2D eigenvalue weighted by molar-refractivity contribution is -0.146. The lowest BCUT2D eigenvalue weighted by Gasteiger charge is -2.24. The molecule has 1 aliphatic rings. The van der Waals surface area contributed by atoms with Crippen molar-refractivity contribution in [2.24, 2.45) is 0 Å². The third kappa shape index (κ3) is 2.32. The number of carbonyl (C=O) groups is 1. The Bertz CT molecular complexity index is 199. The van der Waals surface area contributed by atoms with Gasteiger partial charge in [-0.15, -0.1) is 0 Å². The fraction of sp³-hybridized carbons (Fsp3) is 0.625. The van der Waals surface area contributed by atoms with E-state index in [-0.39, 0.29) is 12.4 Å². The average molecular weight is 172 g/mol.